The van der Waals surface area contributed by atoms with Gasteiger partial charge in [0, 0.05) is 4.88 Å². The number of aryl methyl sites for hydroxylation is 1. The Balaban J connectivity index is 2.85. The molecule has 3 heteroatoms. The molecular weight excluding hydrogens is 160 g/mol. The first-order valence-electron chi connectivity index (χ1n) is 3.40. The van der Waals surface area contributed by atoms with E-state index in [1.807, 2.05) is 13.0 Å². The summed E-state index contributed by atoms with van der Waals surface area (Å²) in [5.74, 6) is -0.192. The largest absolute Gasteiger partial charge is 0.385 e. The van der Waals surface area contributed by atoms with E-state index < -0.39 is 6.10 Å². The third kappa shape index (κ3) is 1.88. The van der Waals surface area contributed by atoms with Crippen LogP contribution in [-0.4, -0.2) is 17.0 Å². The van der Waals surface area contributed by atoms with Crippen molar-refractivity contribution in [1.82, 2.24) is 0 Å². The molecule has 60 valence electrons. The van der Waals surface area contributed by atoms with E-state index in [1.165, 1.54) is 18.3 Å². The number of carbonyl (C=O) groups is 1. The SMILES string of the molecule is Cc1ccc(C(=O)C(C)O)s1. The first kappa shape index (κ1) is 8.43. The Morgan fingerprint density at radius 1 is 1.64 bits per heavy atom. The van der Waals surface area contributed by atoms with Gasteiger partial charge in [0.15, 0.2) is 0 Å². The van der Waals surface area contributed by atoms with Crippen LogP contribution in [0.1, 0.15) is 21.5 Å². The van der Waals surface area contributed by atoms with Crippen molar-refractivity contribution < 1.29 is 9.90 Å². The Bertz CT molecular complexity index is 263. The van der Waals surface area contributed by atoms with Crippen molar-refractivity contribution >= 4 is 17.1 Å². The molecule has 0 aliphatic heterocycles. The molecule has 1 aromatic rings. The molecule has 11 heavy (non-hydrogen) atoms. The van der Waals surface area contributed by atoms with E-state index in [0.29, 0.717) is 4.88 Å². The highest BCUT2D eigenvalue weighted by atomic mass is 32.1. The zero-order valence-corrected chi connectivity index (χ0v) is 7.31. The fourth-order valence-corrected chi connectivity index (χ4v) is 1.66. The van der Waals surface area contributed by atoms with Gasteiger partial charge in [0.2, 0.25) is 5.78 Å². The highest BCUT2D eigenvalue weighted by Crippen LogP contribution is 2.16. The second-order valence-corrected chi connectivity index (χ2v) is 3.74. The van der Waals surface area contributed by atoms with Crippen molar-refractivity contribution in [1.29, 1.82) is 0 Å². The van der Waals surface area contributed by atoms with Crippen molar-refractivity contribution in [2.24, 2.45) is 0 Å². The van der Waals surface area contributed by atoms with Crippen LogP contribution in [0, 0.1) is 6.92 Å². The summed E-state index contributed by atoms with van der Waals surface area (Å²) < 4.78 is 0. The third-order valence-electron chi connectivity index (χ3n) is 1.36. The average molecular weight is 170 g/mol. The van der Waals surface area contributed by atoms with Gasteiger partial charge < -0.3 is 5.11 Å². The molecule has 0 bridgehead atoms. The number of thiophene rings is 1. The molecular formula is C8H10O2S. The monoisotopic (exact) mass is 170 g/mol. The minimum Gasteiger partial charge on any atom is -0.385 e. The maximum absolute atomic E-state index is 11.1. The number of aliphatic hydroxyl groups excluding tert-OH is 1. The van der Waals surface area contributed by atoms with Crippen molar-refractivity contribution in [3.63, 3.8) is 0 Å². The Kier molecular flexibility index (Phi) is 2.42. The third-order valence-corrected chi connectivity index (χ3v) is 2.38. The molecule has 1 aromatic heterocycles. The molecule has 1 N–H and O–H groups in total. The fourth-order valence-electron chi connectivity index (χ4n) is 0.773. The van der Waals surface area contributed by atoms with Gasteiger partial charge in [0.05, 0.1) is 4.88 Å². The molecule has 0 spiro atoms. The summed E-state index contributed by atoms with van der Waals surface area (Å²) in [7, 11) is 0. The lowest BCUT2D eigenvalue weighted by Crippen LogP contribution is -2.14. The minimum absolute atomic E-state index is 0.192. The Labute approximate surface area is 69.5 Å². The summed E-state index contributed by atoms with van der Waals surface area (Å²) in [6.07, 6.45) is -0.881. The van der Waals surface area contributed by atoms with Gasteiger partial charge in [-0.25, -0.2) is 0 Å². The van der Waals surface area contributed by atoms with Gasteiger partial charge >= 0.3 is 0 Å². The highest BCUT2D eigenvalue weighted by molar-refractivity contribution is 7.14. The molecule has 1 atom stereocenters. The van der Waals surface area contributed by atoms with Gasteiger partial charge in [-0.1, -0.05) is 0 Å². The van der Waals surface area contributed by atoms with Crippen LogP contribution >= 0.6 is 11.3 Å². The molecule has 0 saturated carbocycles. The van der Waals surface area contributed by atoms with E-state index in [9.17, 15) is 4.79 Å². The molecule has 0 saturated heterocycles. The van der Waals surface area contributed by atoms with Crippen LogP contribution in [0.3, 0.4) is 0 Å². The van der Waals surface area contributed by atoms with E-state index in [4.69, 9.17) is 5.11 Å². The summed E-state index contributed by atoms with van der Waals surface area (Å²) in [4.78, 5) is 12.8. The number of rotatable bonds is 2. The summed E-state index contributed by atoms with van der Waals surface area (Å²) >= 11 is 1.41. The quantitative estimate of drug-likeness (QED) is 0.685. The predicted octanol–water partition coefficient (Wildman–Crippen LogP) is 1.62. The topological polar surface area (TPSA) is 37.3 Å². The molecule has 1 rings (SSSR count). The summed E-state index contributed by atoms with van der Waals surface area (Å²) in [6, 6.07) is 3.62. The van der Waals surface area contributed by atoms with Gasteiger partial charge in [0.25, 0.3) is 0 Å². The summed E-state index contributed by atoms with van der Waals surface area (Å²) in [5, 5.41) is 8.94. The molecule has 0 aliphatic carbocycles. The summed E-state index contributed by atoms with van der Waals surface area (Å²) in [5.41, 5.74) is 0. The lowest BCUT2D eigenvalue weighted by Gasteiger charge is -1.97. The number of Topliss-reactive ketones (excluding diaryl/α,β-unsaturated/α-hetero) is 1. The van der Waals surface area contributed by atoms with E-state index in [-0.39, 0.29) is 5.78 Å². The van der Waals surface area contributed by atoms with Crippen molar-refractivity contribution in [2.45, 2.75) is 20.0 Å². The highest BCUT2D eigenvalue weighted by Gasteiger charge is 2.12. The second kappa shape index (κ2) is 3.15. The van der Waals surface area contributed by atoms with E-state index in [2.05, 4.69) is 0 Å². The molecule has 1 unspecified atom stereocenters. The smallest absolute Gasteiger partial charge is 0.200 e. The lowest BCUT2D eigenvalue weighted by molar-refractivity contribution is 0.0784. The predicted molar refractivity (Wildman–Crippen MR) is 45.1 cm³/mol. The van der Waals surface area contributed by atoms with Crippen LogP contribution in [0.15, 0.2) is 12.1 Å². The van der Waals surface area contributed by atoms with Crippen LogP contribution in [0.2, 0.25) is 0 Å². The molecule has 0 aliphatic rings. The fraction of sp³-hybridized carbons (Fsp3) is 0.375. The Morgan fingerprint density at radius 2 is 2.27 bits per heavy atom. The van der Waals surface area contributed by atoms with E-state index >= 15 is 0 Å². The second-order valence-electron chi connectivity index (χ2n) is 2.45. The maximum Gasteiger partial charge on any atom is 0.200 e. The van der Waals surface area contributed by atoms with Crippen LogP contribution in [0.25, 0.3) is 0 Å². The van der Waals surface area contributed by atoms with Crippen molar-refractivity contribution in [2.75, 3.05) is 0 Å². The number of ketones is 1. The van der Waals surface area contributed by atoms with Crippen molar-refractivity contribution in [3.05, 3.63) is 21.9 Å². The Hall–Kier alpha value is -0.670. The van der Waals surface area contributed by atoms with E-state index in [0.717, 1.165) is 4.88 Å². The minimum atomic E-state index is -0.881. The Morgan fingerprint density at radius 3 is 2.64 bits per heavy atom. The van der Waals surface area contributed by atoms with Crippen LogP contribution in [-0.2, 0) is 0 Å². The van der Waals surface area contributed by atoms with Crippen LogP contribution in [0.5, 0.6) is 0 Å². The van der Waals surface area contributed by atoms with Crippen LogP contribution in [0.4, 0.5) is 0 Å². The summed E-state index contributed by atoms with van der Waals surface area (Å²) in [6.45, 7) is 3.42. The van der Waals surface area contributed by atoms with Gasteiger partial charge in [-0.05, 0) is 26.0 Å². The van der Waals surface area contributed by atoms with Gasteiger partial charge in [-0.2, -0.15) is 0 Å². The van der Waals surface area contributed by atoms with Crippen LogP contribution < -0.4 is 0 Å². The normalized spacial score (nSPS) is 13.0. The van der Waals surface area contributed by atoms with E-state index in [1.54, 1.807) is 6.07 Å². The first-order chi connectivity index (χ1) is 5.11. The number of hydrogen-bond donors (Lipinski definition) is 1. The molecule has 1 heterocycles. The van der Waals surface area contributed by atoms with Gasteiger partial charge in [-0.3, -0.25) is 4.79 Å². The van der Waals surface area contributed by atoms with Crippen molar-refractivity contribution in [3.8, 4) is 0 Å². The molecule has 0 fully saturated rings. The average Bonchev–Trinajstić information content (AvgIpc) is 2.34. The molecule has 0 aromatic carbocycles. The zero-order chi connectivity index (χ0) is 8.43. The maximum atomic E-state index is 11.1. The standard InChI is InChI=1S/C8H10O2S/c1-5-3-4-7(11-5)8(10)6(2)9/h3-4,6,9H,1-2H3. The van der Waals surface area contributed by atoms with Gasteiger partial charge in [0.1, 0.15) is 6.10 Å². The van der Waals surface area contributed by atoms with Gasteiger partial charge in [-0.15, -0.1) is 11.3 Å². The number of aliphatic hydroxyl groups is 1. The molecule has 0 radical (unpaired) electrons. The number of hydrogen-bond acceptors (Lipinski definition) is 3. The number of carbonyl (C=O) groups excluding carboxylic acids is 1. The lowest BCUT2D eigenvalue weighted by atomic mass is 10.2. The molecule has 0 amide bonds. The molecule has 2 nitrogen and oxygen atoms in total. The first-order valence-corrected chi connectivity index (χ1v) is 4.21. The zero-order valence-electron chi connectivity index (χ0n) is 6.50.